The number of hydrogen-bond acceptors (Lipinski definition) is 3. The van der Waals surface area contributed by atoms with Crippen molar-refractivity contribution in [3.05, 3.63) is 53.1 Å². The van der Waals surface area contributed by atoms with Crippen molar-refractivity contribution in [2.45, 2.75) is 13.0 Å². The first-order valence-corrected chi connectivity index (χ1v) is 7.78. The van der Waals surface area contributed by atoms with Crippen molar-refractivity contribution in [2.75, 3.05) is 27.2 Å². The van der Waals surface area contributed by atoms with E-state index in [0.717, 1.165) is 34.0 Å². The van der Waals surface area contributed by atoms with Crippen LogP contribution >= 0.6 is 11.6 Å². The first kappa shape index (κ1) is 16.8. The second-order valence-electron chi connectivity index (χ2n) is 5.70. The lowest BCUT2D eigenvalue weighted by atomic mass is 10.0. The van der Waals surface area contributed by atoms with Crippen LogP contribution in [0, 0.1) is 0 Å². The Hall–Kier alpha value is -1.55. The third kappa shape index (κ3) is 4.47. The fourth-order valence-electron chi connectivity index (χ4n) is 2.12. The molecule has 0 aromatic heterocycles. The molecule has 0 saturated carbocycles. The predicted octanol–water partition coefficient (Wildman–Crippen LogP) is 3.97. The molecule has 0 radical (unpaired) electrons. The van der Waals surface area contributed by atoms with Crippen LogP contribution < -0.4 is 10.5 Å². The van der Waals surface area contributed by atoms with Gasteiger partial charge in [0, 0.05) is 23.2 Å². The van der Waals surface area contributed by atoms with Gasteiger partial charge in [0.25, 0.3) is 0 Å². The van der Waals surface area contributed by atoms with Gasteiger partial charge in [0.05, 0.1) is 0 Å². The number of nitrogens with zero attached hydrogens (tertiary/aromatic N) is 1. The minimum Gasteiger partial charge on any atom is -0.492 e. The standard InChI is InChI=1S/C18H23ClN2O/c1-13(20)15-6-9-18(19)17(12-15)14-4-7-16(8-5-14)22-11-10-21(2)3/h4-9,12-13H,10-11,20H2,1-3H3. The van der Waals surface area contributed by atoms with Gasteiger partial charge in [-0.1, -0.05) is 29.8 Å². The molecule has 3 nitrogen and oxygen atoms in total. The number of ether oxygens (including phenoxy) is 1. The molecule has 0 saturated heterocycles. The zero-order valence-corrected chi connectivity index (χ0v) is 14.1. The van der Waals surface area contributed by atoms with Crippen LogP contribution in [-0.2, 0) is 0 Å². The number of halogens is 1. The molecule has 4 heteroatoms. The Morgan fingerprint density at radius 1 is 1.14 bits per heavy atom. The highest BCUT2D eigenvalue weighted by atomic mass is 35.5. The summed E-state index contributed by atoms with van der Waals surface area (Å²) in [7, 11) is 4.06. The van der Waals surface area contributed by atoms with E-state index in [4.69, 9.17) is 22.1 Å². The Bertz CT molecular complexity index is 609. The van der Waals surface area contributed by atoms with E-state index in [2.05, 4.69) is 11.0 Å². The van der Waals surface area contributed by atoms with E-state index in [0.29, 0.717) is 6.61 Å². The van der Waals surface area contributed by atoms with Crippen LogP contribution in [0.2, 0.25) is 5.02 Å². The lowest BCUT2D eigenvalue weighted by molar-refractivity contribution is 0.261. The van der Waals surface area contributed by atoms with Crippen LogP contribution in [0.15, 0.2) is 42.5 Å². The molecule has 2 aromatic rings. The molecule has 0 aliphatic rings. The first-order valence-electron chi connectivity index (χ1n) is 7.40. The molecule has 1 atom stereocenters. The molecule has 2 aromatic carbocycles. The van der Waals surface area contributed by atoms with E-state index in [-0.39, 0.29) is 6.04 Å². The average Bonchev–Trinajstić information content (AvgIpc) is 2.48. The van der Waals surface area contributed by atoms with Gasteiger partial charge in [-0.15, -0.1) is 0 Å². The second kappa shape index (κ2) is 7.63. The van der Waals surface area contributed by atoms with Gasteiger partial charge in [-0.2, -0.15) is 0 Å². The average molecular weight is 319 g/mol. The van der Waals surface area contributed by atoms with Crippen molar-refractivity contribution in [1.29, 1.82) is 0 Å². The quantitative estimate of drug-likeness (QED) is 0.876. The SMILES string of the molecule is CC(N)c1ccc(Cl)c(-c2ccc(OCCN(C)C)cc2)c1. The number of hydrogen-bond donors (Lipinski definition) is 1. The Balaban J connectivity index is 2.15. The van der Waals surface area contributed by atoms with Crippen LogP contribution in [0.5, 0.6) is 5.75 Å². The zero-order chi connectivity index (χ0) is 16.1. The van der Waals surface area contributed by atoms with Crippen LogP contribution in [0.25, 0.3) is 11.1 Å². The number of nitrogens with two attached hydrogens (primary N) is 1. The van der Waals surface area contributed by atoms with E-state index in [1.165, 1.54) is 0 Å². The third-order valence-electron chi connectivity index (χ3n) is 3.49. The van der Waals surface area contributed by atoms with Crippen molar-refractivity contribution >= 4 is 11.6 Å². The molecular weight excluding hydrogens is 296 g/mol. The van der Waals surface area contributed by atoms with E-state index in [1.807, 2.05) is 57.4 Å². The highest BCUT2D eigenvalue weighted by Crippen LogP contribution is 2.31. The minimum atomic E-state index is -0.00958. The molecule has 0 aliphatic carbocycles. The summed E-state index contributed by atoms with van der Waals surface area (Å²) in [4.78, 5) is 2.09. The van der Waals surface area contributed by atoms with Crippen molar-refractivity contribution in [3.8, 4) is 16.9 Å². The number of rotatable bonds is 6. The number of benzene rings is 2. The molecule has 0 aliphatic heterocycles. The summed E-state index contributed by atoms with van der Waals surface area (Å²) >= 11 is 6.32. The van der Waals surface area contributed by atoms with Crippen molar-refractivity contribution in [3.63, 3.8) is 0 Å². The van der Waals surface area contributed by atoms with Gasteiger partial charge >= 0.3 is 0 Å². The van der Waals surface area contributed by atoms with Crippen molar-refractivity contribution in [1.82, 2.24) is 4.90 Å². The maximum absolute atomic E-state index is 6.32. The van der Waals surface area contributed by atoms with Gasteiger partial charge in [-0.05, 0) is 56.4 Å². The fourth-order valence-corrected chi connectivity index (χ4v) is 2.35. The summed E-state index contributed by atoms with van der Waals surface area (Å²) in [6, 6.07) is 13.9. The van der Waals surface area contributed by atoms with Gasteiger partial charge in [-0.25, -0.2) is 0 Å². The van der Waals surface area contributed by atoms with E-state index < -0.39 is 0 Å². The third-order valence-corrected chi connectivity index (χ3v) is 3.82. The molecule has 0 fully saturated rings. The predicted molar refractivity (Wildman–Crippen MR) is 93.5 cm³/mol. The molecule has 118 valence electrons. The number of likely N-dealkylation sites (N-methyl/N-ethyl adjacent to an activating group) is 1. The largest absolute Gasteiger partial charge is 0.492 e. The molecule has 2 N–H and O–H groups in total. The molecule has 2 rings (SSSR count). The summed E-state index contributed by atoms with van der Waals surface area (Å²) in [5, 5.41) is 0.727. The molecule has 22 heavy (non-hydrogen) atoms. The van der Waals surface area contributed by atoms with Gasteiger partial charge < -0.3 is 15.4 Å². The minimum absolute atomic E-state index is 0.00958. The van der Waals surface area contributed by atoms with Gasteiger partial charge in [0.15, 0.2) is 0 Å². The van der Waals surface area contributed by atoms with Crippen LogP contribution in [0.3, 0.4) is 0 Å². The lowest BCUT2D eigenvalue weighted by Crippen LogP contribution is -2.19. The Labute approximate surface area is 137 Å². The molecule has 1 unspecified atom stereocenters. The van der Waals surface area contributed by atoms with Gasteiger partial charge in [-0.3, -0.25) is 0 Å². The summed E-state index contributed by atoms with van der Waals surface area (Å²) in [5.74, 6) is 0.866. The Morgan fingerprint density at radius 2 is 1.82 bits per heavy atom. The summed E-state index contributed by atoms with van der Waals surface area (Å²) in [5.41, 5.74) is 9.08. The topological polar surface area (TPSA) is 38.5 Å². The summed E-state index contributed by atoms with van der Waals surface area (Å²) in [6.45, 7) is 3.53. The second-order valence-corrected chi connectivity index (χ2v) is 6.11. The molecule has 0 spiro atoms. The summed E-state index contributed by atoms with van der Waals surface area (Å²) < 4.78 is 5.71. The van der Waals surface area contributed by atoms with E-state index in [9.17, 15) is 0 Å². The molecule has 0 heterocycles. The molecular formula is C18H23ClN2O. The monoisotopic (exact) mass is 318 g/mol. The van der Waals surface area contributed by atoms with Gasteiger partial charge in [0.2, 0.25) is 0 Å². The highest BCUT2D eigenvalue weighted by molar-refractivity contribution is 6.33. The molecule has 0 bridgehead atoms. The first-order chi connectivity index (χ1) is 10.5. The smallest absolute Gasteiger partial charge is 0.119 e. The van der Waals surface area contributed by atoms with Crippen LogP contribution in [-0.4, -0.2) is 32.1 Å². The van der Waals surface area contributed by atoms with E-state index >= 15 is 0 Å². The Kier molecular flexibility index (Phi) is 5.83. The maximum Gasteiger partial charge on any atom is 0.119 e. The summed E-state index contributed by atoms with van der Waals surface area (Å²) in [6.07, 6.45) is 0. The maximum atomic E-state index is 6.32. The normalized spacial score (nSPS) is 12.5. The van der Waals surface area contributed by atoms with Crippen molar-refractivity contribution in [2.24, 2.45) is 5.73 Å². The van der Waals surface area contributed by atoms with Crippen LogP contribution in [0.1, 0.15) is 18.5 Å². The highest BCUT2D eigenvalue weighted by Gasteiger charge is 2.07. The fraction of sp³-hybridized carbons (Fsp3) is 0.333. The van der Waals surface area contributed by atoms with Gasteiger partial charge in [0.1, 0.15) is 12.4 Å². The van der Waals surface area contributed by atoms with Crippen LogP contribution in [0.4, 0.5) is 0 Å². The lowest BCUT2D eigenvalue weighted by Gasteiger charge is -2.13. The zero-order valence-electron chi connectivity index (χ0n) is 13.3. The Morgan fingerprint density at radius 3 is 2.41 bits per heavy atom. The van der Waals surface area contributed by atoms with Crippen molar-refractivity contribution < 1.29 is 4.74 Å². The molecule has 0 amide bonds. The van der Waals surface area contributed by atoms with E-state index in [1.54, 1.807) is 0 Å².